The summed E-state index contributed by atoms with van der Waals surface area (Å²) in [6.07, 6.45) is 1.70. The van der Waals surface area contributed by atoms with Crippen LogP contribution in [0.1, 0.15) is 33.6 Å². The highest BCUT2D eigenvalue weighted by Crippen LogP contribution is 2.27. The number of carbonyl (C=O) groups excluding carboxylic acids is 1. The molecule has 1 aromatic carbocycles. The number of hydrogen-bond acceptors (Lipinski definition) is 6. The van der Waals surface area contributed by atoms with Gasteiger partial charge in [0.05, 0.1) is 11.0 Å². The summed E-state index contributed by atoms with van der Waals surface area (Å²) in [7, 11) is 0. The number of ether oxygens (including phenoxy) is 1. The number of nitrogens with one attached hydrogen (secondary N) is 1. The smallest absolute Gasteiger partial charge is 0.407 e. The fraction of sp³-hybridized carbons (Fsp3) is 0.526. The van der Waals surface area contributed by atoms with E-state index in [9.17, 15) is 4.79 Å². The van der Waals surface area contributed by atoms with Crippen LogP contribution in [0.3, 0.4) is 0 Å². The Kier molecular flexibility index (Phi) is 5.15. The molecule has 3 rings (SSSR count). The number of aromatic nitrogens is 2. The van der Waals surface area contributed by atoms with Gasteiger partial charge in [-0.15, -0.1) is 0 Å². The molecule has 1 amide bonds. The maximum Gasteiger partial charge on any atom is 0.407 e. The number of amides is 1. The molecule has 0 radical (unpaired) electrons. The molecule has 1 aromatic heterocycles. The van der Waals surface area contributed by atoms with Crippen molar-refractivity contribution < 1.29 is 9.53 Å². The molecule has 3 N–H and O–H groups in total. The van der Waals surface area contributed by atoms with E-state index in [-0.39, 0.29) is 6.09 Å². The first kappa shape index (κ1) is 18.2. The normalized spacial score (nSPS) is 18.0. The number of rotatable bonds is 3. The van der Waals surface area contributed by atoms with E-state index >= 15 is 0 Å². The molecular weight excluding hydrogens is 330 g/mol. The second-order valence-corrected chi connectivity index (χ2v) is 7.76. The summed E-state index contributed by atoms with van der Waals surface area (Å²) in [6, 6.07) is 7.72. The maximum absolute atomic E-state index is 11.9. The third kappa shape index (κ3) is 4.53. The molecule has 7 heteroatoms. The molecule has 1 aliphatic rings. The Labute approximate surface area is 153 Å². The largest absolute Gasteiger partial charge is 0.444 e. The van der Waals surface area contributed by atoms with Gasteiger partial charge in [-0.3, -0.25) is 0 Å². The van der Waals surface area contributed by atoms with E-state index in [1.165, 1.54) is 0 Å². The number of benzene rings is 1. The van der Waals surface area contributed by atoms with E-state index in [2.05, 4.69) is 15.2 Å². The molecule has 140 valence electrons. The van der Waals surface area contributed by atoms with Crippen molar-refractivity contribution in [2.45, 2.75) is 39.2 Å². The lowest BCUT2D eigenvalue weighted by molar-refractivity contribution is 0.0517. The maximum atomic E-state index is 11.9. The van der Waals surface area contributed by atoms with E-state index < -0.39 is 5.60 Å². The molecule has 2 aromatic rings. The fourth-order valence-electron chi connectivity index (χ4n) is 3.20. The van der Waals surface area contributed by atoms with Crippen molar-refractivity contribution in [2.75, 3.05) is 30.3 Å². The molecule has 7 nitrogen and oxygen atoms in total. The number of anilines is 2. The van der Waals surface area contributed by atoms with Crippen LogP contribution in [-0.4, -0.2) is 41.3 Å². The van der Waals surface area contributed by atoms with Crippen LogP contribution in [0.15, 0.2) is 24.3 Å². The fourth-order valence-corrected chi connectivity index (χ4v) is 3.20. The SMILES string of the molecule is CC(C)(C)OC(=O)NC[C@@H]1CCCN(c2nc3ccccc3nc2N)C1. The number of nitrogen functional groups attached to an aromatic ring is 1. The van der Waals surface area contributed by atoms with Crippen molar-refractivity contribution in [1.29, 1.82) is 0 Å². The summed E-state index contributed by atoms with van der Waals surface area (Å²) in [4.78, 5) is 23.2. The van der Waals surface area contributed by atoms with Gasteiger partial charge in [0.1, 0.15) is 5.60 Å². The van der Waals surface area contributed by atoms with E-state index in [0.29, 0.717) is 18.3 Å². The number of nitrogens with two attached hydrogens (primary N) is 1. The van der Waals surface area contributed by atoms with Gasteiger partial charge in [-0.2, -0.15) is 0 Å². The first-order chi connectivity index (χ1) is 12.3. The Morgan fingerprint density at radius 2 is 2.00 bits per heavy atom. The zero-order chi connectivity index (χ0) is 18.7. The Hall–Kier alpha value is -2.57. The number of piperidine rings is 1. The minimum Gasteiger partial charge on any atom is -0.444 e. The average molecular weight is 357 g/mol. The Morgan fingerprint density at radius 1 is 1.31 bits per heavy atom. The lowest BCUT2D eigenvalue weighted by Crippen LogP contribution is -2.42. The van der Waals surface area contributed by atoms with E-state index in [0.717, 1.165) is 42.8 Å². The third-order valence-electron chi connectivity index (χ3n) is 4.33. The van der Waals surface area contributed by atoms with E-state index in [1.807, 2.05) is 45.0 Å². The summed E-state index contributed by atoms with van der Waals surface area (Å²) < 4.78 is 5.30. The van der Waals surface area contributed by atoms with Crippen LogP contribution in [-0.2, 0) is 4.74 Å². The van der Waals surface area contributed by atoms with Crippen LogP contribution < -0.4 is 16.0 Å². The Morgan fingerprint density at radius 3 is 2.69 bits per heavy atom. The van der Waals surface area contributed by atoms with Crippen molar-refractivity contribution >= 4 is 28.8 Å². The van der Waals surface area contributed by atoms with Gasteiger partial charge in [0.25, 0.3) is 0 Å². The molecule has 0 saturated carbocycles. The van der Waals surface area contributed by atoms with Crippen LogP contribution in [0.2, 0.25) is 0 Å². The predicted octanol–water partition coefficient (Wildman–Crippen LogP) is 2.95. The second-order valence-electron chi connectivity index (χ2n) is 7.76. The van der Waals surface area contributed by atoms with Crippen molar-refractivity contribution in [1.82, 2.24) is 15.3 Å². The van der Waals surface area contributed by atoms with Gasteiger partial charge in [0, 0.05) is 19.6 Å². The van der Waals surface area contributed by atoms with E-state index in [1.54, 1.807) is 0 Å². The summed E-state index contributed by atoms with van der Waals surface area (Å²) in [5.74, 6) is 1.50. The summed E-state index contributed by atoms with van der Waals surface area (Å²) in [6.45, 7) is 7.82. The molecule has 1 aliphatic heterocycles. The van der Waals surface area contributed by atoms with Crippen LogP contribution >= 0.6 is 0 Å². The molecule has 0 aliphatic carbocycles. The first-order valence-electron chi connectivity index (χ1n) is 9.06. The van der Waals surface area contributed by atoms with Crippen molar-refractivity contribution in [2.24, 2.45) is 5.92 Å². The van der Waals surface area contributed by atoms with Gasteiger partial charge in [-0.25, -0.2) is 14.8 Å². The number of para-hydroxylation sites is 2. The zero-order valence-corrected chi connectivity index (χ0v) is 15.7. The molecule has 1 saturated heterocycles. The van der Waals surface area contributed by atoms with E-state index in [4.69, 9.17) is 15.5 Å². The van der Waals surface area contributed by atoms with Gasteiger partial charge in [0.15, 0.2) is 11.6 Å². The van der Waals surface area contributed by atoms with Crippen LogP contribution in [0.25, 0.3) is 11.0 Å². The number of carbonyl (C=O) groups is 1. The highest BCUT2D eigenvalue weighted by atomic mass is 16.6. The lowest BCUT2D eigenvalue weighted by Gasteiger charge is -2.34. The summed E-state index contributed by atoms with van der Waals surface area (Å²) in [5, 5.41) is 2.87. The average Bonchev–Trinajstić information content (AvgIpc) is 2.58. The quantitative estimate of drug-likeness (QED) is 0.877. The van der Waals surface area contributed by atoms with Crippen LogP contribution in [0.5, 0.6) is 0 Å². The zero-order valence-electron chi connectivity index (χ0n) is 15.7. The number of nitrogens with zero attached hydrogens (tertiary/aromatic N) is 3. The molecule has 0 bridgehead atoms. The van der Waals surface area contributed by atoms with Crippen molar-refractivity contribution in [3.05, 3.63) is 24.3 Å². The lowest BCUT2D eigenvalue weighted by atomic mass is 9.98. The number of hydrogen-bond donors (Lipinski definition) is 2. The van der Waals surface area contributed by atoms with Gasteiger partial charge in [-0.1, -0.05) is 12.1 Å². The highest BCUT2D eigenvalue weighted by Gasteiger charge is 2.24. The highest BCUT2D eigenvalue weighted by molar-refractivity contribution is 5.79. The molecule has 2 heterocycles. The minimum atomic E-state index is -0.488. The van der Waals surface area contributed by atoms with Gasteiger partial charge in [0.2, 0.25) is 0 Å². The van der Waals surface area contributed by atoms with Crippen molar-refractivity contribution in [3.63, 3.8) is 0 Å². The first-order valence-corrected chi connectivity index (χ1v) is 9.06. The summed E-state index contributed by atoms with van der Waals surface area (Å²) in [5.41, 5.74) is 7.30. The Bertz CT molecular complexity index is 787. The predicted molar refractivity (Wildman–Crippen MR) is 103 cm³/mol. The van der Waals surface area contributed by atoms with Crippen LogP contribution in [0.4, 0.5) is 16.4 Å². The van der Waals surface area contributed by atoms with Gasteiger partial charge in [-0.05, 0) is 51.7 Å². The second kappa shape index (κ2) is 7.35. The number of fused-ring (bicyclic) bond motifs is 1. The molecule has 0 unspecified atom stereocenters. The van der Waals surface area contributed by atoms with Gasteiger partial charge >= 0.3 is 6.09 Å². The van der Waals surface area contributed by atoms with Crippen molar-refractivity contribution in [3.8, 4) is 0 Å². The molecule has 1 atom stereocenters. The monoisotopic (exact) mass is 357 g/mol. The topological polar surface area (TPSA) is 93.4 Å². The number of alkyl carbamates (subject to hydrolysis) is 1. The molecule has 26 heavy (non-hydrogen) atoms. The van der Waals surface area contributed by atoms with Gasteiger partial charge < -0.3 is 20.7 Å². The standard InChI is InChI=1S/C19H27N5O2/c1-19(2,3)26-18(25)21-11-13-7-6-10-24(12-13)17-16(20)22-14-8-4-5-9-15(14)23-17/h4-5,8-9,13H,6-7,10-12H2,1-3H3,(H2,20,22)(H,21,25)/t13-/m0/s1. The third-order valence-corrected chi connectivity index (χ3v) is 4.33. The Balaban J connectivity index is 1.65. The minimum absolute atomic E-state index is 0.323. The summed E-state index contributed by atoms with van der Waals surface area (Å²) >= 11 is 0. The molecular formula is C19H27N5O2. The molecule has 0 spiro atoms. The van der Waals surface area contributed by atoms with Crippen LogP contribution in [0, 0.1) is 5.92 Å². The molecule has 1 fully saturated rings.